The number of carbonyl (C=O) groups is 1. The first kappa shape index (κ1) is 16.0. The van der Waals surface area contributed by atoms with Crippen molar-refractivity contribution in [1.82, 2.24) is 9.88 Å². The number of hydrogen-bond donors (Lipinski definition) is 2. The molecule has 1 unspecified atom stereocenters. The molecule has 0 aliphatic rings. The molecule has 0 aliphatic heterocycles. The highest BCUT2D eigenvalue weighted by Crippen LogP contribution is 2.22. The van der Waals surface area contributed by atoms with Crippen LogP contribution in [0.15, 0.2) is 48.7 Å². The molecule has 2 aromatic rings. The number of carbonyl (C=O) groups excluding carboxylic acids is 1. The fraction of sp³-hybridized carbons (Fsp3) is 0.294. The van der Waals surface area contributed by atoms with Crippen LogP contribution >= 0.6 is 0 Å². The molecule has 5 nitrogen and oxygen atoms in total. The van der Waals surface area contributed by atoms with E-state index in [1.54, 1.807) is 18.3 Å². The number of nitrogen functional groups attached to an aromatic ring is 1. The van der Waals surface area contributed by atoms with Gasteiger partial charge in [-0.3, -0.25) is 9.69 Å². The Balaban J connectivity index is 2.24. The van der Waals surface area contributed by atoms with Crippen LogP contribution in [0.1, 0.15) is 25.5 Å². The molecule has 0 spiro atoms. The summed E-state index contributed by atoms with van der Waals surface area (Å²) in [6, 6.07) is 12.9. The van der Waals surface area contributed by atoms with Crippen molar-refractivity contribution < 1.29 is 4.79 Å². The zero-order chi connectivity index (χ0) is 15.9. The Bertz CT molecular complexity index is 594. The molecular formula is C17H22N4O. The number of aromatic nitrogens is 1. The molecule has 1 aromatic heterocycles. The molecule has 0 fully saturated rings. The first-order valence-electron chi connectivity index (χ1n) is 7.47. The van der Waals surface area contributed by atoms with E-state index < -0.39 is 0 Å². The Hall–Kier alpha value is -2.40. The molecule has 1 amide bonds. The van der Waals surface area contributed by atoms with Crippen LogP contribution in [0, 0.1) is 0 Å². The summed E-state index contributed by atoms with van der Waals surface area (Å²) in [7, 11) is 0. The van der Waals surface area contributed by atoms with E-state index in [0.29, 0.717) is 11.5 Å². The van der Waals surface area contributed by atoms with Gasteiger partial charge in [0.25, 0.3) is 0 Å². The molecule has 0 bridgehead atoms. The predicted molar refractivity (Wildman–Crippen MR) is 89.4 cm³/mol. The Morgan fingerprint density at radius 1 is 1.18 bits per heavy atom. The molecule has 0 aliphatic carbocycles. The summed E-state index contributed by atoms with van der Waals surface area (Å²) in [4.78, 5) is 18.9. The lowest BCUT2D eigenvalue weighted by molar-refractivity contribution is -0.121. The second-order valence-electron chi connectivity index (χ2n) is 5.00. The molecule has 2 rings (SSSR count). The SMILES string of the molecule is CCN(CC)C(C(=O)Nc1ccc(N)nc1)c1ccccc1. The third-order valence-electron chi connectivity index (χ3n) is 3.60. The maximum atomic E-state index is 12.7. The number of likely N-dealkylation sites (N-methyl/N-ethyl adjacent to an activating group) is 1. The van der Waals surface area contributed by atoms with Crippen molar-refractivity contribution in [3.05, 3.63) is 54.2 Å². The quantitative estimate of drug-likeness (QED) is 0.860. The minimum absolute atomic E-state index is 0.0681. The van der Waals surface area contributed by atoms with Crippen LogP contribution in [0.2, 0.25) is 0 Å². The van der Waals surface area contributed by atoms with Crippen molar-refractivity contribution in [1.29, 1.82) is 0 Å². The average Bonchev–Trinajstić information content (AvgIpc) is 2.55. The molecule has 3 N–H and O–H groups in total. The lowest BCUT2D eigenvalue weighted by atomic mass is 10.0. The smallest absolute Gasteiger partial charge is 0.246 e. The summed E-state index contributed by atoms with van der Waals surface area (Å²) in [5, 5.41) is 2.92. The van der Waals surface area contributed by atoms with Gasteiger partial charge in [0, 0.05) is 0 Å². The van der Waals surface area contributed by atoms with E-state index in [4.69, 9.17) is 5.73 Å². The Morgan fingerprint density at radius 3 is 2.41 bits per heavy atom. The van der Waals surface area contributed by atoms with E-state index in [0.717, 1.165) is 18.7 Å². The van der Waals surface area contributed by atoms with Crippen LogP contribution in [0.5, 0.6) is 0 Å². The highest BCUT2D eigenvalue weighted by Gasteiger charge is 2.25. The average molecular weight is 298 g/mol. The van der Waals surface area contributed by atoms with E-state index in [2.05, 4.69) is 29.0 Å². The maximum Gasteiger partial charge on any atom is 0.246 e. The van der Waals surface area contributed by atoms with Gasteiger partial charge < -0.3 is 11.1 Å². The lowest BCUT2D eigenvalue weighted by Crippen LogP contribution is -2.37. The molecule has 0 saturated carbocycles. The van der Waals surface area contributed by atoms with Gasteiger partial charge in [-0.25, -0.2) is 4.98 Å². The number of nitrogens with zero attached hydrogens (tertiary/aromatic N) is 2. The third-order valence-corrected chi connectivity index (χ3v) is 3.60. The fourth-order valence-electron chi connectivity index (χ4n) is 2.44. The van der Waals surface area contributed by atoms with Crippen molar-refractivity contribution in [2.24, 2.45) is 0 Å². The highest BCUT2D eigenvalue weighted by molar-refractivity contribution is 5.95. The first-order chi connectivity index (χ1) is 10.7. The van der Waals surface area contributed by atoms with Gasteiger partial charge in [-0.05, 0) is 30.8 Å². The second kappa shape index (κ2) is 7.56. The number of hydrogen-bond acceptors (Lipinski definition) is 4. The normalized spacial score (nSPS) is 12.1. The standard InChI is InChI=1S/C17H22N4O/c1-3-21(4-2)16(13-8-6-5-7-9-13)17(22)20-14-10-11-15(18)19-12-14/h5-12,16H,3-4H2,1-2H3,(H2,18,19)(H,20,22). The van der Waals surface area contributed by atoms with E-state index in [1.165, 1.54) is 0 Å². The van der Waals surface area contributed by atoms with Crippen molar-refractivity contribution in [2.75, 3.05) is 24.1 Å². The minimum atomic E-state index is -0.325. The molecular weight excluding hydrogens is 276 g/mol. The number of rotatable bonds is 6. The van der Waals surface area contributed by atoms with Crippen LogP contribution in [-0.2, 0) is 4.79 Å². The summed E-state index contributed by atoms with van der Waals surface area (Å²) in [5.41, 5.74) is 7.19. The van der Waals surface area contributed by atoms with Gasteiger partial charge in [0.2, 0.25) is 5.91 Å². The van der Waals surface area contributed by atoms with Gasteiger partial charge >= 0.3 is 0 Å². The number of nitrogens with one attached hydrogen (secondary N) is 1. The molecule has 5 heteroatoms. The minimum Gasteiger partial charge on any atom is -0.384 e. The summed E-state index contributed by atoms with van der Waals surface area (Å²) in [6.45, 7) is 5.70. The van der Waals surface area contributed by atoms with Gasteiger partial charge in [0.15, 0.2) is 0 Å². The van der Waals surface area contributed by atoms with Crippen molar-refractivity contribution in [3.8, 4) is 0 Å². The van der Waals surface area contributed by atoms with Gasteiger partial charge in [0.05, 0.1) is 11.9 Å². The van der Waals surface area contributed by atoms with E-state index in [-0.39, 0.29) is 11.9 Å². The van der Waals surface area contributed by atoms with Gasteiger partial charge in [-0.2, -0.15) is 0 Å². The molecule has 1 heterocycles. The molecule has 0 radical (unpaired) electrons. The molecule has 116 valence electrons. The lowest BCUT2D eigenvalue weighted by Gasteiger charge is -2.29. The Kier molecular flexibility index (Phi) is 5.49. The van der Waals surface area contributed by atoms with Crippen molar-refractivity contribution >= 4 is 17.4 Å². The number of anilines is 2. The van der Waals surface area contributed by atoms with Gasteiger partial charge in [-0.15, -0.1) is 0 Å². The number of nitrogens with two attached hydrogens (primary N) is 1. The largest absolute Gasteiger partial charge is 0.384 e. The number of pyridine rings is 1. The topological polar surface area (TPSA) is 71.2 Å². The Morgan fingerprint density at radius 2 is 1.86 bits per heavy atom. The van der Waals surface area contributed by atoms with Gasteiger partial charge in [-0.1, -0.05) is 44.2 Å². The summed E-state index contributed by atoms with van der Waals surface area (Å²) < 4.78 is 0. The van der Waals surface area contributed by atoms with E-state index in [1.807, 2.05) is 30.3 Å². The summed E-state index contributed by atoms with van der Waals surface area (Å²) in [6.07, 6.45) is 1.57. The number of benzene rings is 1. The van der Waals surface area contributed by atoms with Crippen LogP contribution in [-0.4, -0.2) is 28.9 Å². The van der Waals surface area contributed by atoms with Gasteiger partial charge in [0.1, 0.15) is 11.9 Å². The maximum absolute atomic E-state index is 12.7. The fourth-order valence-corrected chi connectivity index (χ4v) is 2.44. The van der Waals surface area contributed by atoms with E-state index >= 15 is 0 Å². The highest BCUT2D eigenvalue weighted by atomic mass is 16.2. The van der Waals surface area contributed by atoms with Crippen LogP contribution < -0.4 is 11.1 Å². The zero-order valence-electron chi connectivity index (χ0n) is 13.0. The first-order valence-corrected chi connectivity index (χ1v) is 7.47. The van der Waals surface area contributed by atoms with Crippen LogP contribution in [0.3, 0.4) is 0 Å². The molecule has 1 atom stereocenters. The number of amides is 1. The third kappa shape index (κ3) is 3.83. The Labute approximate surface area is 131 Å². The monoisotopic (exact) mass is 298 g/mol. The summed E-state index contributed by atoms with van der Waals surface area (Å²) >= 11 is 0. The van der Waals surface area contributed by atoms with E-state index in [9.17, 15) is 4.79 Å². The van der Waals surface area contributed by atoms with Crippen molar-refractivity contribution in [3.63, 3.8) is 0 Å². The molecule has 0 saturated heterocycles. The van der Waals surface area contributed by atoms with Crippen LogP contribution in [0.4, 0.5) is 11.5 Å². The molecule has 1 aromatic carbocycles. The van der Waals surface area contributed by atoms with Crippen molar-refractivity contribution in [2.45, 2.75) is 19.9 Å². The summed E-state index contributed by atoms with van der Waals surface area (Å²) in [5.74, 6) is 0.364. The van der Waals surface area contributed by atoms with Crippen LogP contribution in [0.25, 0.3) is 0 Å². The predicted octanol–water partition coefficient (Wildman–Crippen LogP) is 2.69. The second-order valence-corrected chi connectivity index (χ2v) is 5.00. The molecule has 22 heavy (non-hydrogen) atoms. The zero-order valence-corrected chi connectivity index (χ0v) is 13.0.